The van der Waals surface area contributed by atoms with Gasteiger partial charge in [-0.1, -0.05) is 13.8 Å². The van der Waals surface area contributed by atoms with Crippen LogP contribution in [-0.2, 0) is 0 Å². The Morgan fingerprint density at radius 1 is 1.15 bits per heavy atom. The topological polar surface area (TPSA) is 60.2 Å². The van der Waals surface area contributed by atoms with Gasteiger partial charge in [-0.15, -0.1) is 0 Å². The van der Waals surface area contributed by atoms with Gasteiger partial charge >= 0.3 is 0 Å². The summed E-state index contributed by atoms with van der Waals surface area (Å²) >= 11 is 0. The van der Waals surface area contributed by atoms with Gasteiger partial charge in [0.05, 0.1) is 5.56 Å². The lowest BCUT2D eigenvalue weighted by atomic mass is 9.96. The van der Waals surface area contributed by atoms with Gasteiger partial charge in [-0.2, -0.15) is 0 Å². The highest BCUT2D eigenvalue weighted by molar-refractivity contribution is 6.28. The third kappa shape index (κ3) is 2.96. The molecular formula is C21H23FN4O. The molecule has 0 bridgehead atoms. The summed E-state index contributed by atoms with van der Waals surface area (Å²) in [6, 6.07) is 8.73. The fourth-order valence-electron chi connectivity index (χ4n) is 3.79. The number of hydrogen-bond donors (Lipinski definition) is 3. The summed E-state index contributed by atoms with van der Waals surface area (Å²) in [5.41, 5.74) is 3.51. The molecule has 2 heterocycles. The molecule has 0 unspecified atom stereocenters. The first-order valence-corrected chi connectivity index (χ1v) is 9.34. The minimum atomic E-state index is -0.324. The van der Waals surface area contributed by atoms with Gasteiger partial charge in [0.2, 0.25) is 0 Å². The van der Waals surface area contributed by atoms with E-state index in [1.807, 2.05) is 24.4 Å². The number of carbonyl (C=O) groups excluding carboxylic acids is 1. The molecule has 4 rings (SSSR count). The monoisotopic (exact) mass is 366 g/mol. The highest BCUT2D eigenvalue weighted by Crippen LogP contribution is 2.43. The van der Waals surface area contributed by atoms with Gasteiger partial charge in [-0.25, -0.2) is 4.39 Å². The highest BCUT2D eigenvalue weighted by atomic mass is 19.1. The van der Waals surface area contributed by atoms with Gasteiger partial charge < -0.3 is 20.5 Å². The van der Waals surface area contributed by atoms with E-state index in [9.17, 15) is 9.18 Å². The Morgan fingerprint density at radius 3 is 2.67 bits per heavy atom. The minimum Gasteiger partial charge on any atom is -0.383 e. The van der Waals surface area contributed by atoms with Crippen LogP contribution in [0.25, 0.3) is 22.0 Å². The number of anilines is 2. The molecule has 1 aliphatic heterocycles. The van der Waals surface area contributed by atoms with E-state index in [-0.39, 0.29) is 11.7 Å². The molecular weight excluding hydrogens is 343 g/mol. The van der Waals surface area contributed by atoms with Crippen molar-refractivity contribution in [1.82, 2.24) is 9.88 Å². The molecule has 3 aromatic rings. The Kier molecular flexibility index (Phi) is 4.58. The molecule has 0 spiro atoms. The first-order valence-electron chi connectivity index (χ1n) is 9.34. The van der Waals surface area contributed by atoms with Crippen LogP contribution < -0.4 is 10.6 Å². The SMILES string of the molecule is CCN(CC)CCNc1cc(-c2ccc[nH]2)c2c3c(ccc(F)c13)NC2=O. The van der Waals surface area contributed by atoms with Crippen molar-refractivity contribution in [3.05, 3.63) is 47.9 Å². The number of H-pyrrole nitrogens is 1. The number of benzene rings is 2. The zero-order valence-corrected chi connectivity index (χ0v) is 15.5. The van der Waals surface area contributed by atoms with Crippen molar-refractivity contribution in [1.29, 1.82) is 0 Å². The van der Waals surface area contributed by atoms with Gasteiger partial charge in [-0.3, -0.25) is 4.79 Å². The van der Waals surface area contributed by atoms with E-state index in [0.717, 1.165) is 30.9 Å². The largest absolute Gasteiger partial charge is 0.383 e. The highest BCUT2D eigenvalue weighted by Gasteiger charge is 2.29. The number of halogens is 1. The molecule has 0 fully saturated rings. The Balaban J connectivity index is 1.84. The van der Waals surface area contributed by atoms with Crippen LogP contribution in [0.2, 0.25) is 0 Å². The van der Waals surface area contributed by atoms with Gasteiger partial charge in [-0.05, 0) is 43.4 Å². The van der Waals surface area contributed by atoms with Crippen LogP contribution in [0.15, 0.2) is 36.5 Å². The first kappa shape index (κ1) is 17.5. The summed E-state index contributed by atoms with van der Waals surface area (Å²) in [6.07, 6.45) is 1.82. The average molecular weight is 366 g/mol. The fraction of sp³-hybridized carbons (Fsp3) is 0.286. The molecule has 2 aromatic carbocycles. The Bertz CT molecular complexity index is 993. The molecule has 0 radical (unpaired) electrons. The number of hydrogen-bond acceptors (Lipinski definition) is 3. The van der Waals surface area contributed by atoms with Crippen molar-refractivity contribution < 1.29 is 9.18 Å². The smallest absolute Gasteiger partial charge is 0.257 e. The van der Waals surface area contributed by atoms with E-state index >= 15 is 0 Å². The summed E-state index contributed by atoms with van der Waals surface area (Å²) in [5.74, 6) is -0.519. The molecule has 3 N–H and O–H groups in total. The minimum absolute atomic E-state index is 0.195. The van der Waals surface area contributed by atoms with Crippen molar-refractivity contribution in [2.75, 3.05) is 36.8 Å². The lowest BCUT2D eigenvalue weighted by molar-refractivity contribution is 0.103. The number of likely N-dealkylation sites (N-methyl/N-ethyl adjacent to an activating group) is 1. The summed E-state index contributed by atoms with van der Waals surface area (Å²) in [5, 5.41) is 7.38. The normalized spacial score (nSPS) is 12.8. The second-order valence-electron chi connectivity index (χ2n) is 6.68. The molecule has 1 aromatic heterocycles. The Morgan fingerprint density at radius 2 is 1.96 bits per heavy atom. The van der Waals surface area contributed by atoms with Crippen molar-refractivity contribution in [3.63, 3.8) is 0 Å². The van der Waals surface area contributed by atoms with Gasteiger partial charge in [0.15, 0.2) is 0 Å². The van der Waals surface area contributed by atoms with Gasteiger partial charge in [0.1, 0.15) is 5.82 Å². The molecule has 1 aliphatic rings. The molecule has 140 valence electrons. The second-order valence-corrected chi connectivity index (χ2v) is 6.68. The van der Waals surface area contributed by atoms with Crippen LogP contribution in [0.5, 0.6) is 0 Å². The second kappa shape index (κ2) is 7.04. The number of carbonyl (C=O) groups is 1. The van der Waals surface area contributed by atoms with Crippen molar-refractivity contribution in [2.24, 2.45) is 0 Å². The van der Waals surface area contributed by atoms with Crippen LogP contribution in [0.1, 0.15) is 24.2 Å². The van der Waals surface area contributed by atoms with Crippen molar-refractivity contribution in [2.45, 2.75) is 13.8 Å². The zero-order chi connectivity index (χ0) is 19.0. The van der Waals surface area contributed by atoms with Crippen molar-refractivity contribution in [3.8, 4) is 11.3 Å². The van der Waals surface area contributed by atoms with E-state index < -0.39 is 0 Å². The summed E-state index contributed by atoms with van der Waals surface area (Å²) in [7, 11) is 0. The van der Waals surface area contributed by atoms with Crippen LogP contribution >= 0.6 is 0 Å². The molecule has 0 aliphatic carbocycles. The molecule has 27 heavy (non-hydrogen) atoms. The number of nitrogens with one attached hydrogen (secondary N) is 3. The summed E-state index contributed by atoms with van der Waals surface area (Å²) < 4.78 is 14.8. The average Bonchev–Trinajstić information content (AvgIpc) is 3.31. The molecule has 6 heteroatoms. The van der Waals surface area contributed by atoms with Gasteiger partial charge in [0.25, 0.3) is 5.91 Å². The van der Waals surface area contributed by atoms with Crippen LogP contribution in [0, 0.1) is 5.82 Å². The van der Waals surface area contributed by atoms with Crippen LogP contribution in [0.4, 0.5) is 15.8 Å². The number of rotatable bonds is 7. The summed E-state index contributed by atoms with van der Waals surface area (Å²) in [4.78, 5) is 18.1. The lowest BCUT2D eigenvalue weighted by Crippen LogP contribution is -2.28. The molecule has 0 saturated heterocycles. The number of aromatic nitrogens is 1. The number of nitrogens with zero attached hydrogens (tertiary/aromatic N) is 1. The van der Waals surface area contributed by atoms with E-state index in [1.54, 1.807) is 6.07 Å². The third-order valence-corrected chi connectivity index (χ3v) is 5.23. The predicted molar refractivity (Wildman–Crippen MR) is 108 cm³/mol. The van der Waals surface area contributed by atoms with E-state index in [2.05, 4.69) is 34.4 Å². The Labute approximate surface area is 157 Å². The lowest BCUT2D eigenvalue weighted by Gasteiger charge is -2.20. The Hall–Kier alpha value is -2.86. The zero-order valence-electron chi connectivity index (χ0n) is 15.5. The van der Waals surface area contributed by atoms with Crippen LogP contribution in [0.3, 0.4) is 0 Å². The van der Waals surface area contributed by atoms with Crippen LogP contribution in [-0.4, -0.2) is 42.0 Å². The predicted octanol–water partition coefficient (Wildman–Crippen LogP) is 4.29. The maximum absolute atomic E-state index is 14.8. The summed E-state index contributed by atoms with van der Waals surface area (Å²) in [6.45, 7) is 7.77. The molecule has 5 nitrogen and oxygen atoms in total. The fourth-order valence-corrected chi connectivity index (χ4v) is 3.79. The maximum Gasteiger partial charge on any atom is 0.257 e. The number of amides is 1. The van der Waals surface area contributed by atoms with Gasteiger partial charge in [0, 0.05) is 52.7 Å². The van der Waals surface area contributed by atoms with E-state index in [1.165, 1.54) is 6.07 Å². The standard InChI is InChI=1S/C21H23FN4O/c1-3-26(4-2)11-10-24-17-12-13(15-6-5-9-23-15)18-20-16(25-21(18)27)8-7-14(22)19(17)20/h5-9,12,23-24H,3-4,10-11H2,1-2H3,(H,25,27). The number of aromatic amines is 1. The maximum atomic E-state index is 14.8. The quantitative estimate of drug-likeness (QED) is 0.584. The van der Waals surface area contributed by atoms with E-state index in [4.69, 9.17) is 0 Å². The molecule has 0 saturated carbocycles. The van der Waals surface area contributed by atoms with E-state index in [0.29, 0.717) is 34.3 Å². The third-order valence-electron chi connectivity index (χ3n) is 5.23. The van der Waals surface area contributed by atoms with Crippen molar-refractivity contribution >= 4 is 28.1 Å². The molecule has 0 atom stereocenters. The molecule has 1 amide bonds. The first-order chi connectivity index (χ1) is 13.1.